The van der Waals surface area contributed by atoms with E-state index >= 15 is 0 Å². The summed E-state index contributed by atoms with van der Waals surface area (Å²) in [6.45, 7) is 0.472. The Labute approximate surface area is 162 Å². The van der Waals surface area contributed by atoms with Gasteiger partial charge in [0.1, 0.15) is 11.5 Å². The van der Waals surface area contributed by atoms with Crippen LogP contribution in [0.5, 0.6) is 0 Å². The second-order valence-electron chi connectivity index (χ2n) is 5.79. The highest BCUT2D eigenvalue weighted by Crippen LogP contribution is 2.32. The van der Waals surface area contributed by atoms with E-state index < -0.39 is 4.92 Å². The summed E-state index contributed by atoms with van der Waals surface area (Å²) < 4.78 is 0. The predicted molar refractivity (Wildman–Crippen MR) is 109 cm³/mol. The summed E-state index contributed by atoms with van der Waals surface area (Å²) in [4.78, 5) is 11.0. The largest absolute Gasteiger partial charge is 0.384 e. The highest BCUT2D eigenvalue weighted by atomic mass is 16.6. The maximum absolute atomic E-state index is 11.4. The first-order valence-corrected chi connectivity index (χ1v) is 8.31. The molecule has 0 saturated carbocycles. The molecule has 8 heteroatoms. The Morgan fingerprint density at radius 1 is 1.00 bits per heavy atom. The van der Waals surface area contributed by atoms with Gasteiger partial charge >= 0.3 is 0 Å². The quantitative estimate of drug-likeness (QED) is 0.138. The van der Waals surface area contributed by atoms with Crippen LogP contribution in [-0.2, 0) is 6.54 Å². The zero-order valence-electron chi connectivity index (χ0n) is 15.0. The van der Waals surface area contributed by atoms with Crippen LogP contribution in [0.2, 0.25) is 0 Å². The molecule has 0 atom stereocenters. The molecule has 8 nitrogen and oxygen atoms in total. The number of nitrogens with zero attached hydrogens (tertiary/aromatic N) is 1. The minimum absolute atomic E-state index is 0.00462. The molecule has 28 heavy (non-hydrogen) atoms. The molecule has 0 amide bonds. The lowest BCUT2D eigenvalue weighted by molar-refractivity contribution is -0.384. The molecule has 3 aromatic rings. The van der Waals surface area contributed by atoms with Gasteiger partial charge in [0.05, 0.1) is 4.92 Å². The van der Waals surface area contributed by atoms with Gasteiger partial charge in [-0.3, -0.25) is 15.5 Å². The summed E-state index contributed by atoms with van der Waals surface area (Å²) in [5.74, 6) is -0.0438. The number of anilines is 1. The van der Waals surface area contributed by atoms with Crippen LogP contribution in [-0.4, -0.2) is 10.8 Å². The summed E-state index contributed by atoms with van der Waals surface area (Å²) in [7, 11) is 0. The van der Waals surface area contributed by atoms with E-state index in [1.807, 2.05) is 42.5 Å². The first kappa shape index (κ1) is 20.2. The molecule has 0 fully saturated rings. The van der Waals surface area contributed by atoms with Crippen molar-refractivity contribution in [1.29, 1.82) is 16.5 Å². The van der Waals surface area contributed by atoms with Crippen molar-refractivity contribution in [3.8, 4) is 11.1 Å². The van der Waals surface area contributed by atoms with E-state index in [0.29, 0.717) is 17.8 Å². The van der Waals surface area contributed by atoms with E-state index in [1.54, 1.807) is 24.3 Å². The Morgan fingerprint density at radius 2 is 1.64 bits per heavy atom. The molecule has 6 N–H and O–H groups in total. The summed E-state index contributed by atoms with van der Waals surface area (Å²) in [5.41, 5.74) is 19.2. The smallest absolute Gasteiger partial charge is 0.292 e. The van der Waals surface area contributed by atoms with Crippen LogP contribution in [0.1, 0.15) is 11.1 Å². The van der Waals surface area contributed by atoms with E-state index in [9.17, 15) is 10.1 Å². The maximum Gasteiger partial charge on any atom is 0.292 e. The highest BCUT2D eigenvalue weighted by molar-refractivity contribution is 6.01. The molecular weight excluding hydrogens is 356 g/mol. The van der Waals surface area contributed by atoms with Gasteiger partial charge in [-0.2, -0.15) is 0 Å². The van der Waals surface area contributed by atoms with Crippen molar-refractivity contribution >= 4 is 17.2 Å². The van der Waals surface area contributed by atoms with Crippen LogP contribution >= 0.6 is 0 Å². The average molecular weight is 376 g/mol. The molecule has 0 aromatic heterocycles. The van der Waals surface area contributed by atoms with E-state index in [2.05, 4.69) is 5.32 Å². The van der Waals surface area contributed by atoms with Gasteiger partial charge in [0.25, 0.3) is 5.69 Å². The zero-order valence-corrected chi connectivity index (χ0v) is 15.0. The summed E-state index contributed by atoms with van der Waals surface area (Å²) in [5, 5.41) is 22.2. The van der Waals surface area contributed by atoms with Crippen molar-refractivity contribution in [3.63, 3.8) is 0 Å². The molecule has 0 spiro atoms. The Hall–Kier alpha value is -4.07. The fourth-order valence-electron chi connectivity index (χ4n) is 2.77. The third kappa shape index (κ3) is 4.76. The standard InChI is InChI=1S/C20H18N4O2.H2N2/c21-20(22)17-9-5-4-8-16(17)15-10-11-19(24(25)26)18(12-15)23-13-14-6-2-1-3-7-14;1-2/h1-12,23H,13H2,(H3,21,22);1-2H. The number of nitro benzene ring substituents is 1. The fourth-order valence-corrected chi connectivity index (χ4v) is 2.77. The van der Waals surface area contributed by atoms with Crippen LogP contribution in [0, 0.1) is 26.6 Å². The molecule has 0 aliphatic rings. The van der Waals surface area contributed by atoms with Crippen LogP contribution < -0.4 is 11.1 Å². The van der Waals surface area contributed by atoms with Crippen molar-refractivity contribution in [2.75, 3.05) is 5.32 Å². The minimum atomic E-state index is -0.409. The van der Waals surface area contributed by atoms with Crippen molar-refractivity contribution in [2.24, 2.45) is 5.73 Å². The molecule has 0 aliphatic heterocycles. The number of hydrogen-bond acceptors (Lipinski definition) is 6. The van der Waals surface area contributed by atoms with Gasteiger partial charge in [0, 0.05) is 18.2 Å². The molecule has 3 rings (SSSR count). The van der Waals surface area contributed by atoms with Crippen LogP contribution in [0.3, 0.4) is 0 Å². The third-order valence-corrected chi connectivity index (χ3v) is 4.05. The molecule has 0 bridgehead atoms. The zero-order chi connectivity index (χ0) is 20.5. The van der Waals surface area contributed by atoms with Crippen molar-refractivity contribution in [1.82, 2.24) is 0 Å². The molecule has 0 radical (unpaired) electrons. The maximum atomic E-state index is 11.4. The van der Waals surface area contributed by atoms with Gasteiger partial charge in [-0.05, 0) is 28.8 Å². The predicted octanol–water partition coefficient (Wildman–Crippen LogP) is 4.75. The van der Waals surface area contributed by atoms with E-state index in [1.165, 1.54) is 6.07 Å². The Kier molecular flexibility index (Phi) is 6.93. The van der Waals surface area contributed by atoms with E-state index in [4.69, 9.17) is 22.2 Å². The number of nitro groups is 1. The monoisotopic (exact) mass is 376 g/mol. The summed E-state index contributed by atoms with van der Waals surface area (Å²) in [6, 6.07) is 21.8. The van der Waals surface area contributed by atoms with Gasteiger partial charge in [-0.25, -0.2) is 11.1 Å². The first-order chi connectivity index (χ1) is 13.6. The number of nitrogens with one attached hydrogen (secondary N) is 4. The van der Waals surface area contributed by atoms with E-state index in [0.717, 1.165) is 16.7 Å². The van der Waals surface area contributed by atoms with Crippen LogP contribution in [0.4, 0.5) is 11.4 Å². The number of hydrogen-bond donors (Lipinski definition) is 5. The molecule has 0 heterocycles. The summed E-state index contributed by atoms with van der Waals surface area (Å²) in [6.07, 6.45) is 0. The molecule has 0 aliphatic carbocycles. The third-order valence-electron chi connectivity index (χ3n) is 4.05. The van der Waals surface area contributed by atoms with Crippen molar-refractivity contribution in [3.05, 3.63) is 94.0 Å². The topological polar surface area (TPSA) is 153 Å². The van der Waals surface area contributed by atoms with Gasteiger partial charge in [-0.15, -0.1) is 0 Å². The second-order valence-corrected chi connectivity index (χ2v) is 5.79. The van der Waals surface area contributed by atoms with Crippen molar-refractivity contribution < 1.29 is 4.92 Å². The molecule has 0 unspecified atom stereocenters. The number of nitrogen functional groups attached to an aromatic ring is 1. The fraction of sp³-hybridized carbons (Fsp3) is 0.0500. The SMILES string of the molecule is N=C(N)c1ccccc1-c1ccc([N+](=O)[O-])c(NCc2ccccc2)c1.N=N. The van der Waals surface area contributed by atoms with Crippen LogP contribution in [0.15, 0.2) is 72.8 Å². The molecule has 0 saturated heterocycles. The number of benzene rings is 3. The van der Waals surface area contributed by atoms with Gasteiger partial charge in [0.15, 0.2) is 0 Å². The summed E-state index contributed by atoms with van der Waals surface area (Å²) >= 11 is 0. The normalized spacial score (nSPS) is 9.71. The number of nitrogens with two attached hydrogens (primary N) is 1. The van der Waals surface area contributed by atoms with Gasteiger partial charge in [-0.1, -0.05) is 54.6 Å². The Morgan fingerprint density at radius 3 is 2.29 bits per heavy atom. The molecule has 3 aromatic carbocycles. The Bertz CT molecular complexity index is 975. The molecular formula is C20H20N6O2. The van der Waals surface area contributed by atoms with E-state index in [-0.39, 0.29) is 11.5 Å². The average Bonchev–Trinajstić information content (AvgIpc) is 2.74. The highest BCUT2D eigenvalue weighted by Gasteiger charge is 2.16. The van der Waals surface area contributed by atoms with Crippen LogP contribution in [0.25, 0.3) is 11.1 Å². The minimum Gasteiger partial charge on any atom is -0.384 e. The molecule has 142 valence electrons. The lowest BCUT2D eigenvalue weighted by Gasteiger charge is -2.12. The van der Waals surface area contributed by atoms with Crippen molar-refractivity contribution in [2.45, 2.75) is 6.54 Å². The Balaban J connectivity index is 0.00000136. The lowest BCUT2D eigenvalue weighted by Crippen LogP contribution is -2.12. The van der Waals surface area contributed by atoms with Gasteiger partial charge < -0.3 is 11.1 Å². The lowest BCUT2D eigenvalue weighted by atomic mass is 9.98. The van der Waals surface area contributed by atoms with Gasteiger partial charge in [0.2, 0.25) is 0 Å². The number of amidine groups is 1. The first-order valence-electron chi connectivity index (χ1n) is 8.31. The second kappa shape index (κ2) is 9.58. The number of rotatable bonds is 6.